The Labute approximate surface area is 147 Å². The van der Waals surface area contributed by atoms with Crippen molar-refractivity contribution in [1.82, 2.24) is 4.90 Å². The predicted octanol–water partition coefficient (Wildman–Crippen LogP) is 2.54. The van der Waals surface area contributed by atoms with Crippen molar-refractivity contribution in [3.05, 3.63) is 35.4 Å². The lowest BCUT2D eigenvalue weighted by Gasteiger charge is -2.51. The molecule has 1 aromatic rings. The number of hydrogen-bond acceptors (Lipinski definition) is 5. The highest BCUT2D eigenvalue weighted by molar-refractivity contribution is 5.69. The molecular weight excluding hydrogens is 320 g/mol. The third-order valence-electron chi connectivity index (χ3n) is 4.71. The Kier molecular flexibility index (Phi) is 4.48. The summed E-state index contributed by atoms with van der Waals surface area (Å²) >= 11 is 0. The van der Waals surface area contributed by atoms with E-state index in [0.29, 0.717) is 31.6 Å². The van der Waals surface area contributed by atoms with E-state index in [1.807, 2.05) is 20.8 Å². The third kappa shape index (κ3) is 3.63. The van der Waals surface area contributed by atoms with Crippen LogP contribution in [0.15, 0.2) is 24.3 Å². The molecule has 2 saturated heterocycles. The summed E-state index contributed by atoms with van der Waals surface area (Å²) in [5.74, 6) is 0. The number of aliphatic hydroxyl groups is 1. The average molecular weight is 344 g/mol. The Balaban J connectivity index is 1.83. The van der Waals surface area contributed by atoms with E-state index in [1.54, 1.807) is 29.2 Å². The highest BCUT2D eigenvalue weighted by Gasteiger charge is 2.49. The van der Waals surface area contributed by atoms with Crippen molar-refractivity contribution in [3.8, 4) is 6.07 Å². The minimum absolute atomic E-state index is 0.233. The van der Waals surface area contributed by atoms with Crippen molar-refractivity contribution in [2.24, 2.45) is 0 Å². The Hall–Kier alpha value is -2.10. The van der Waals surface area contributed by atoms with Crippen molar-refractivity contribution in [3.63, 3.8) is 0 Å². The molecule has 2 aliphatic rings. The Morgan fingerprint density at radius 3 is 2.32 bits per heavy atom. The first-order chi connectivity index (χ1) is 11.7. The molecule has 0 saturated carbocycles. The lowest BCUT2D eigenvalue weighted by atomic mass is 9.77. The van der Waals surface area contributed by atoms with E-state index in [2.05, 4.69) is 6.07 Å². The van der Waals surface area contributed by atoms with Crippen LogP contribution in [0.3, 0.4) is 0 Å². The van der Waals surface area contributed by atoms with Gasteiger partial charge in [0.2, 0.25) is 0 Å². The van der Waals surface area contributed by atoms with Crippen LogP contribution in [0.4, 0.5) is 4.79 Å². The predicted molar refractivity (Wildman–Crippen MR) is 90.8 cm³/mol. The van der Waals surface area contributed by atoms with Gasteiger partial charge in [0.1, 0.15) is 5.60 Å². The summed E-state index contributed by atoms with van der Waals surface area (Å²) in [4.78, 5) is 14.3. The summed E-state index contributed by atoms with van der Waals surface area (Å²) in [5, 5.41) is 20.2. The van der Waals surface area contributed by atoms with Crippen LogP contribution < -0.4 is 0 Å². The van der Waals surface area contributed by atoms with E-state index in [9.17, 15) is 9.90 Å². The second kappa shape index (κ2) is 6.32. The van der Waals surface area contributed by atoms with Crippen molar-refractivity contribution in [1.29, 1.82) is 5.26 Å². The molecule has 2 unspecified atom stereocenters. The Morgan fingerprint density at radius 1 is 1.28 bits per heavy atom. The number of morpholine rings is 1. The zero-order valence-electron chi connectivity index (χ0n) is 14.9. The van der Waals surface area contributed by atoms with Crippen LogP contribution >= 0.6 is 0 Å². The topological polar surface area (TPSA) is 82.8 Å². The molecule has 0 spiro atoms. The first kappa shape index (κ1) is 17.7. The summed E-state index contributed by atoms with van der Waals surface area (Å²) in [6.07, 6.45) is 0.413. The molecule has 25 heavy (non-hydrogen) atoms. The Morgan fingerprint density at radius 2 is 1.84 bits per heavy atom. The van der Waals surface area contributed by atoms with Gasteiger partial charge in [-0.15, -0.1) is 0 Å². The van der Waals surface area contributed by atoms with E-state index >= 15 is 0 Å². The first-order valence-electron chi connectivity index (χ1n) is 8.54. The van der Waals surface area contributed by atoms with Crippen LogP contribution in [0.2, 0.25) is 0 Å². The summed E-state index contributed by atoms with van der Waals surface area (Å²) in [7, 11) is 0. The number of rotatable bonds is 1. The molecule has 1 amide bonds. The minimum atomic E-state index is -1.04. The molecule has 2 heterocycles. The molecule has 2 aliphatic heterocycles. The number of carbonyl (C=O) groups excluding carboxylic acids is 1. The van der Waals surface area contributed by atoms with Crippen molar-refractivity contribution in [2.75, 3.05) is 13.2 Å². The monoisotopic (exact) mass is 344 g/mol. The zero-order valence-corrected chi connectivity index (χ0v) is 14.9. The fourth-order valence-corrected chi connectivity index (χ4v) is 3.68. The second-order valence-corrected chi connectivity index (χ2v) is 7.86. The first-order valence-corrected chi connectivity index (χ1v) is 8.54. The van der Waals surface area contributed by atoms with Crippen molar-refractivity contribution in [2.45, 2.75) is 56.9 Å². The van der Waals surface area contributed by atoms with E-state index in [1.165, 1.54) is 0 Å². The van der Waals surface area contributed by atoms with Gasteiger partial charge in [0.05, 0.1) is 42.5 Å². The summed E-state index contributed by atoms with van der Waals surface area (Å²) in [6.45, 7) is 6.29. The maximum atomic E-state index is 12.6. The van der Waals surface area contributed by atoms with Gasteiger partial charge < -0.3 is 14.6 Å². The summed E-state index contributed by atoms with van der Waals surface area (Å²) in [5.41, 5.74) is -0.270. The highest BCUT2D eigenvalue weighted by atomic mass is 16.6. The van der Waals surface area contributed by atoms with Crippen LogP contribution in [0.1, 0.15) is 44.7 Å². The molecule has 1 N–H and O–H groups in total. The van der Waals surface area contributed by atoms with Gasteiger partial charge >= 0.3 is 6.09 Å². The zero-order chi connectivity index (χ0) is 18.2. The van der Waals surface area contributed by atoms with Gasteiger partial charge in [0, 0.05) is 12.8 Å². The maximum absolute atomic E-state index is 12.6. The standard InChI is InChI=1S/C19H24N2O4/c1-18(2,3)25-17(22)21-15-8-19(23,9-16(21)12-24-11-15)14-6-4-13(10-20)5-7-14/h4-7,15-16,23H,8-9,11-12H2,1-3H3. The largest absolute Gasteiger partial charge is 0.444 e. The number of fused-ring (bicyclic) bond motifs is 2. The molecule has 0 aliphatic carbocycles. The molecule has 1 aromatic carbocycles. The van der Waals surface area contributed by atoms with Crippen LogP contribution in [0.5, 0.6) is 0 Å². The highest BCUT2D eigenvalue weighted by Crippen LogP contribution is 2.41. The van der Waals surface area contributed by atoms with Gasteiger partial charge in [0.25, 0.3) is 0 Å². The molecule has 2 fully saturated rings. The second-order valence-electron chi connectivity index (χ2n) is 7.86. The van der Waals surface area contributed by atoms with Crippen molar-refractivity contribution >= 4 is 6.09 Å². The molecular formula is C19H24N2O4. The van der Waals surface area contributed by atoms with Gasteiger partial charge in [-0.25, -0.2) is 4.79 Å². The molecule has 6 heteroatoms. The molecule has 134 valence electrons. The van der Waals surface area contributed by atoms with Gasteiger partial charge in [-0.05, 0) is 38.5 Å². The van der Waals surface area contributed by atoms with Gasteiger partial charge in [-0.1, -0.05) is 12.1 Å². The molecule has 6 nitrogen and oxygen atoms in total. The number of hydrogen-bond donors (Lipinski definition) is 1. The average Bonchev–Trinajstić information content (AvgIpc) is 2.52. The minimum Gasteiger partial charge on any atom is -0.444 e. The fraction of sp³-hybridized carbons (Fsp3) is 0.579. The van der Waals surface area contributed by atoms with Crippen LogP contribution in [-0.2, 0) is 15.1 Å². The van der Waals surface area contributed by atoms with Crippen molar-refractivity contribution < 1.29 is 19.4 Å². The lowest BCUT2D eigenvalue weighted by molar-refractivity contribution is -0.141. The van der Waals surface area contributed by atoms with Crippen LogP contribution in [0, 0.1) is 11.3 Å². The molecule has 3 rings (SSSR count). The normalized spacial score (nSPS) is 29.0. The SMILES string of the molecule is CC(C)(C)OC(=O)N1C2COCC1CC(O)(c1ccc(C#N)cc1)C2. The lowest BCUT2D eigenvalue weighted by Crippen LogP contribution is -2.63. The quantitative estimate of drug-likeness (QED) is 0.846. The van der Waals surface area contributed by atoms with Gasteiger partial charge in [0.15, 0.2) is 0 Å². The van der Waals surface area contributed by atoms with E-state index in [4.69, 9.17) is 14.7 Å². The van der Waals surface area contributed by atoms with Gasteiger partial charge in [-0.2, -0.15) is 5.26 Å². The number of nitriles is 1. The maximum Gasteiger partial charge on any atom is 0.410 e. The summed E-state index contributed by atoms with van der Waals surface area (Å²) < 4.78 is 11.1. The van der Waals surface area contributed by atoms with E-state index in [-0.39, 0.29) is 18.2 Å². The number of ether oxygens (including phenoxy) is 2. The van der Waals surface area contributed by atoms with Gasteiger partial charge in [-0.3, -0.25) is 4.90 Å². The van der Waals surface area contributed by atoms with E-state index < -0.39 is 11.2 Å². The summed E-state index contributed by atoms with van der Waals surface area (Å²) in [6, 6.07) is 8.61. The van der Waals surface area contributed by atoms with Crippen LogP contribution in [0.25, 0.3) is 0 Å². The Bertz CT molecular complexity index is 673. The number of nitrogens with zero attached hydrogens (tertiary/aromatic N) is 2. The third-order valence-corrected chi connectivity index (χ3v) is 4.71. The smallest absolute Gasteiger partial charge is 0.410 e. The number of piperidine rings is 1. The number of benzene rings is 1. The molecule has 0 radical (unpaired) electrons. The number of carbonyl (C=O) groups is 1. The van der Waals surface area contributed by atoms with E-state index in [0.717, 1.165) is 5.56 Å². The number of amides is 1. The molecule has 2 atom stereocenters. The molecule has 2 bridgehead atoms. The molecule has 0 aromatic heterocycles. The van der Waals surface area contributed by atoms with Crippen LogP contribution in [-0.4, -0.2) is 47.0 Å². The fourth-order valence-electron chi connectivity index (χ4n) is 3.68.